The largest absolute Gasteiger partial charge is 0.496 e. The number of nitrogens with zero attached hydrogens (tertiary/aromatic N) is 3. The van der Waals surface area contributed by atoms with Crippen molar-refractivity contribution < 1.29 is 27.9 Å². The molecule has 9 nitrogen and oxygen atoms in total. The van der Waals surface area contributed by atoms with E-state index in [1.807, 2.05) is 0 Å². The molecule has 1 fully saturated rings. The molecule has 1 saturated heterocycles. The molecule has 4 aromatic rings. The van der Waals surface area contributed by atoms with Gasteiger partial charge in [-0.25, -0.2) is 0 Å². The van der Waals surface area contributed by atoms with Gasteiger partial charge in [0.25, 0.3) is 15.9 Å². The van der Waals surface area contributed by atoms with Crippen molar-refractivity contribution in [1.29, 1.82) is 0 Å². The summed E-state index contributed by atoms with van der Waals surface area (Å²) in [6.45, 7) is 1.59. The number of aryl methyl sites for hydroxylation is 1. The highest BCUT2D eigenvalue weighted by Crippen LogP contribution is 2.55. The van der Waals surface area contributed by atoms with E-state index in [0.29, 0.717) is 32.0 Å². The Morgan fingerprint density at radius 2 is 1.75 bits per heavy atom. The number of rotatable bonds is 6. The number of amides is 2. The number of ether oxygens (including phenoxy) is 1. The standard InChI is InChI=1S/C31H29Cl2N3O6S2/c1-17-21-13-18(32)10-12-27(21)43-29(17)44(40,41)36-24-11-9-19(33)14-23(24)31(30(36)39,22-7-5-6-8-26(22)42-4)35-16-20(37)15-25(35)28(38)34(2)3/h5-14,20,25,37H,15-16H2,1-4H3/t20-,25+,31?/m1/s1. The minimum Gasteiger partial charge on any atom is -0.496 e. The molecule has 0 aliphatic carbocycles. The molecule has 0 radical (unpaired) electrons. The van der Waals surface area contributed by atoms with Gasteiger partial charge < -0.3 is 14.7 Å². The molecular formula is C31H29Cl2N3O6S2. The SMILES string of the molecule is COc1ccccc1C1(N2C[C@H](O)C[C@H]2C(=O)N(C)C)C(=O)N(S(=O)(=O)c2sc3ccc(Cl)cc3c2C)c2ccc(Cl)cc21. The van der Waals surface area contributed by atoms with Gasteiger partial charge in [0, 0.05) is 46.5 Å². The lowest BCUT2D eigenvalue weighted by Gasteiger charge is -2.42. The smallest absolute Gasteiger partial charge is 0.280 e. The number of carbonyl (C=O) groups is 2. The zero-order valence-electron chi connectivity index (χ0n) is 24.2. The highest BCUT2D eigenvalue weighted by Gasteiger charge is 2.64. The first-order valence-corrected chi connectivity index (χ1v) is 16.7. The number of aliphatic hydroxyl groups excluding tert-OH is 1. The fraction of sp³-hybridized carbons (Fsp3) is 0.290. The second-order valence-electron chi connectivity index (χ2n) is 11.1. The third-order valence-corrected chi connectivity index (χ3v) is 12.4. The summed E-state index contributed by atoms with van der Waals surface area (Å²) in [5.41, 5.74) is -0.767. The number of hydrogen-bond acceptors (Lipinski definition) is 8. The number of likely N-dealkylation sites (tertiary alicyclic amines) is 1. The molecule has 2 aliphatic rings. The van der Waals surface area contributed by atoms with Gasteiger partial charge in [0.15, 0.2) is 5.54 Å². The monoisotopic (exact) mass is 673 g/mol. The quantitative estimate of drug-likeness (QED) is 0.306. The number of hydrogen-bond donors (Lipinski definition) is 1. The van der Waals surface area contributed by atoms with Gasteiger partial charge >= 0.3 is 0 Å². The number of carbonyl (C=O) groups excluding carboxylic acids is 2. The molecule has 0 bridgehead atoms. The lowest BCUT2D eigenvalue weighted by atomic mass is 9.80. The highest BCUT2D eigenvalue weighted by atomic mass is 35.5. The van der Waals surface area contributed by atoms with Gasteiger partial charge in [-0.2, -0.15) is 12.7 Å². The van der Waals surface area contributed by atoms with Crippen LogP contribution in [0, 0.1) is 6.92 Å². The van der Waals surface area contributed by atoms with E-state index < -0.39 is 33.6 Å². The van der Waals surface area contributed by atoms with Gasteiger partial charge in [0.2, 0.25) is 5.91 Å². The van der Waals surface area contributed by atoms with E-state index in [9.17, 15) is 18.3 Å². The Morgan fingerprint density at radius 3 is 2.45 bits per heavy atom. The van der Waals surface area contributed by atoms with Crippen LogP contribution in [0.4, 0.5) is 5.69 Å². The zero-order chi connectivity index (χ0) is 31.7. The molecule has 3 atom stereocenters. The first-order valence-electron chi connectivity index (χ1n) is 13.7. The van der Waals surface area contributed by atoms with E-state index in [4.69, 9.17) is 27.9 Å². The lowest BCUT2D eigenvalue weighted by molar-refractivity contribution is -0.138. The van der Waals surface area contributed by atoms with Gasteiger partial charge in [-0.05, 0) is 66.8 Å². The predicted molar refractivity (Wildman–Crippen MR) is 171 cm³/mol. The van der Waals surface area contributed by atoms with Crippen LogP contribution < -0.4 is 9.04 Å². The number of thiophene rings is 1. The van der Waals surface area contributed by atoms with Crippen LogP contribution in [0.25, 0.3) is 10.1 Å². The maximum Gasteiger partial charge on any atom is 0.280 e. The fourth-order valence-corrected chi connectivity index (χ4v) is 10.0. The van der Waals surface area contributed by atoms with Crippen molar-refractivity contribution in [3.63, 3.8) is 0 Å². The number of benzene rings is 3. The number of sulfonamides is 1. The summed E-state index contributed by atoms with van der Waals surface area (Å²) in [5.74, 6) is -0.873. The third kappa shape index (κ3) is 4.44. The van der Waals surface area contributed by atoms with Crippen LogP contribution in [0.1, 0.15) is 23.1 Å². The molecule has 1 aromatic heterocycles. The molecule has 44 heavy (non-hydrogen) atoms. The number of β-amino-alcohol motifs (C(OH)–C–C–N with tert-alkyl or cyclic N) is 1. The topological polar surface area (TPSA) is 107 Å². The Hall–Kier alpha value is -3.19. The van der Waals surface area contributed by atoms with Crippen LogP contribution in [0.15, 0.2) is 64.9 Å². The van der Waals surface area contributed by atoms with Crippen molar-refractivity contribution in [3.05, 3.63) is 87.4 Å². The first kappa shape index (κ1) is 30.8. The summed E-state index contributed by atoms with van der Waals surface area (Å²) in [5, 5.41) is 12.3. The molecular weight excluding hydrogens is 645 g/mol. The van der Waals surface area contributed by atoms with Crippen LogP contribution in [-0.2, 0) is 25.2 Å². The number of methoxy groups -OCH3 is 1. The summed E-state index contributed by atoms with van der Waals surface area (Å²) >= 11 is 13.8. The van der Waals surface area contributed by atoms with E-state index in [1.165, 1.54) is 24.1 Å². The summed E-state index contributed by atoms with van der Waals surface area (Å²) < 4.78 is 36.7. The van der Waals surface area contributed by atoms with Crippen LogP contribution in [-0.4, -0.2) is 75.0 Å². The van der Waals surface area contributed by atoms with Crippen molar-refractivity contribution in [2.45, 2.75) is 35.2 Å². The number of fused-ring (bicyclic) bond motifs is 2. The molecule has 230 valence electrons. The van der Waals surface area contributed by atoms with E-state index in [0.717, 1.165) is 15.6 Å². The van der Waals surface area contributed by atoms with Crippen molar-refractivity contribution in [3.8, 4) is 5.75 Å². The summed E-state index contributed by atoms with van der Waals surface area (Å²) in [4.78, 5) is 31.9. The Morgan fingerprint density at radius 1 is 1.07 bits per heavy atom. The second-order valence-corrected chi connectivity index (χ2v) is 15.0. The molecule has 1 N–H and O–H groups in total. The van der Waals surface area contributed by atoms with Crippen molar-refractivity contribution in [1.82, 2.24) is 9.80 Å². The Balaban J connectivity index is 1.68. The maximum absolute atomic E-state index is 15.3. The molecule has 0 saturated carbocycles. The van der Waals surface area contributed by atoms with E-state index in [2.05, 4.69) is 0 Å². The van der Waals surface area contributed by atoms with E-state index in [-0.39, 0.29) is 39.4 Å². The number of likely N-dealkylation sites (N-methyl/N-ethyl adjacent to an activating group) is 1. The maximum atomic E-state index is 15.3. The van der Waals surface area contributed by atoms with Crippen LogP contribution in [0.3, 0.4) is 0 Å². The Labute approximate surface area is 269 Å². The molecule has 1 unspecified atom stereocenters. The van der Waals surface area contributed by atoms with Crippen molar-refractivity contribution in [2.24, 2.45) is 0 Å². The van der Waals surface area contributed by atoms with Gasteiger partial charge in [0.05, 0.1) is 24.9 Å². The number of halogens is 2. The molecule has 2 amide bonds. The minimum absolute atomic E-state index is 0.0118. The molecule has 3 aromatic carbocycles. The van der Waals surface area contributed by atoms with Crippen LogP contribution >= 0.6 is 34.5 Å². The van der Waals surface area contributed by atoms with Gasteiger partial charge in [-0.1, -0.05) is 41.4 Å². The van der Waals surface area contributed by atoms with Gasteiger partial charge in [-0.15, -0.1) is 11.3 Å². The van der Waals surface area contributed by atoms with Gasteiger partial charge in [-0.3, -0.25) is 14.5 Å². The fourth-order valence-electron chi connectivity index (χ4n) is 6.44. The number of anilines is 1. The number of para-hydroxylation sites is 1. The normalized spacial score (nSPS) is 22.1. The molecule has 3 heterocycles. The second kappa shape index (κ2) is 11.0. The van der Waals surface area contributed by atoms with Crippen molar-refractivity contribution >= 4 is 72.1 Å². The lowest BCUT2D eigenvalue weighted by Crippen LogP contribution is -2.59. The molecule has 2 aliphatic heterocycles. The Kier molecular flexibility index (Phi) is 7.71. The first-order chi connectivity index (χ1) is 20.8. The molecule has 13 heteroatoms. The minimum atomic E-state index is -4.52. The average Bonchev–Trinajstić information content (AvgIpc) is 3.62. The molecule has 6 rings (SSSR count). The highest BCUT2D eigenvalue weighted by molar-refractivity contribution is 7.95. The van der Waals surface area contributed by atoms with E-state index >= 15 is 4.79 Å². The van der Waals surface area contributed by atoms with Crippen LogP contribution in [0.2, 0.25) is 10.0 Å². The van der Waals surface area contributed by atoms with Gasteiger partial charge in [0.1, 0.15) is 9.96 Å². The van der Waals surface area contributed by atoms with Crippen molar-refractivity contribution in [2.75, 3.05) is 32.1 Å². The molecule has 0 spiro atoms. The van der Waals surface area contributed by atoms with Crippen LogP contribution in [0.5, 0.6) is 5.75 Å². The third-order valence-electron chi connectivity index (χ3n) is 8.32. The average molecular weight is 675 g/mol. The Bertz CT molecular complexity index is 1950. The summed E-state index contributed by atoms with van der Waals surface area (Å²) in [6, 6.07) is 15.5. The zero-order valence-corrected chi connectivity index (χ0v) is 27.4. The summed E-state index contributed by atoms with van der Waals surface area (Å²) in [7, 11) is 0.112. The predicted octanol–water partition coefficient (Wildman–Crippen LogP) is 5.03. The van der Waals surface area contributed by atoms with E-state index in [1.54, 1.807) is 74.4 Å². The summed E-state index contributed by atoms with van der Waals surface area (Å²) in [6.07, 6.45) is -0.925. The number of aliphatic hydroxyl groups is 1.